The molecule has 2 aromatic rings. The molecule has 0 N–H and O–H groups in total. The molecule has 0 amide bonds. The van der Waals surface area contributed by atoms with E-state index >= 15 is 0 Å². The molecule has 0 fully saturated rings. The molecule has 0 aliphatic rings. The largest absolute Gasteiger partial charge is 0.496 e. The molecule has 0 unspecified atom stereocenters. The van der Waals surface area contributed by atoms with Crippen molar-refractivity contribution in [2.24, 2.45) is 0 Å². The zero-order valence-corrected chi connectivity index (χ0v) is 11.7. The summed E-state index contributed by atoms with van der Waals surface area (Å²) >= 11 is 5.95. The number of hydrogen-bond donors (Lipinski definition) is 0. The van der Waals surface area contributed by atoms with Crippen LogP contribution in [0.4, 0.5) is 0 Å². The molecule has 2 rings (SSSR count). The maximum atomic E-state index is 12.3. The molecule has 0 saturated carbocycles. The number of Topliss-reactive ketones (excluding diaryl/α,β-unsaturated/α-hetero) is 1. The summed E-state index contributed by atoms with van der Waals surface area (Å²) in [5.74, 6) is 0.778. The van der Waals surface area contributed by atoms with Gasteiger partial charge in [0.05, 0.1) is 7.11 Å². The Hall–Kier alpha value is -1.80. The van der Waals surface area contributed by atoms with Gasteiger partial charge in [0.15, 0.2) is 5.78 Å². The van der Waals surface area contributed by atoms with E-state index in [4.69, 9.17) is 16.3 Å². The molecule has 3 heteroatoms. The first-order valence-electron chi connectivity index (χ1n) is 6.03. The van der Waals surface area contributed by atoms with Crippen molar-refractivity contribution in [3.8, 4) is 5.75 Å². The minimum Gasteiger partial charge on any atom is -0.496 e. The van der Waals surface area contributed by atoms with Crippen LogP contribution in [0.1, 0.15) is 21.5 Å². The van der Waals surface area contributed by atoms with E-state index in [1.807, 2.05) is 37.3 Å². The fourth-order valence-electron chi connectivity index (χ4n) is 2.01. The molecule has 0 saturated heterocycles. The normalized spacial score (nSPS) is 10.3. The van der Waals surface area contributed by atoms with Crippen molar-refractivity contribution < 1.29 is 9.53 Å². The van der Waals surface area contributed by atoms with E-state index in [1.165, 1.54) is 0 Å². The number of methoxy groups -OCH3 is 1. The molecule has 0 aromatic heterocycles. The van der Waals surface area contributed by atoms with E-state index < -0.39 is 0 Å². The molecule has 0 heterocycles. The molecule has 19 heavy (non-hydrogen) atoms. The topological polar surface area (TPSA) is 26.3 Å². The average Bonchev–Trinajstić information content (AvgIpc) is 2.42. The number of carbonyl (C=O) groups excluding carboxylic acids is 1. The van der Waals surface area contributed by atoms with E-state index in [9.17, 15) is 4.79 Å². The summed E-state index contributed by atoms with van der Waals surface area (Å²) in [5, 5.41) is 0.578. The fraction of sp³-hybridized carbons (Fsp3) is 0.188. The van der Waals surface area contributed by atoms with Crippen LogP contribution in [0.15, 0.2) is 42.5 Å². The smallest absolute Gasteiger partial charge is 0.167 e. The van der Waals surface area contributed by atoms with E-state index in [2.05, 4.69) is 0 Å². The van der Waals surface area contributed by atoms with Crippen LogP contribution in [0, 0.1) is 6.92 Å². The number of aryl methyl sites for hydroxylation is 1. The molecule has 0 spiro atoms. The van der Waals surface area contributed by atoms with Crippen LogP contribution in [0.25, 0.3) is 0 Å². The van der Waals surface area contributed by atoms with E-state index in [0.29, 0.717) is 17.0 Å². The summed E-state index contributed by atoms with van der Waals surface area (Å²) in [6.45, 7) is 1.91. The van der Waals surface area contributed by atoms with Crippen molar-refractivity contribution in [1.82, 2.24) is 0 Å². The Morgan fingerprint density at radius 2 is 1.95 bits per heavy atom. The lowest BCUT2D eigenvalue weighted by Crippen LogP contribution is -2.06. The minimum absolute atomic E-state index is 0.0458. The predicted octanol–water partition coefficient (Wildman–Crippen LogP) is 4.08. The molecule has 98 valence electrons. The summed E-state index contributed by atoms with van der Waals surface area (Å²) in [6.07, 6.45) is 0.311. The van der Waals surface area contributed by atoms with Gasteiger partial charge in [-0.15, -0.1) is 0 Å². The van der Waals surface area contributed by atoms with Crippen molar-refractivity contribution in [2.45, 2.75) is 13.3 Å². The maximum Gasteiger partial charge on any atom is 0.167 e. The van der Waals surface area contributed by atoms with Gasteiger partial charge in [0.25, 0.3) is 0 Å². The Morgan fingerprint density at radius 3 is 2.68 bits per heavy atom. The second-order valence-corrected chi connectivity index (χ2v) is 4.81. The first-order valence-corrected chi connectivity index (χ1v) is 6.41. The van der Waals surface area contributed by atoms with Crippen molar-refractivity contribution >= 4 is 17.4 Å². The lowest BCUT2D eigenvalue weighted by Gasteiger charge is -2.09. The highest BCUT2D eigenvalue weighted by molar-refractivity contribution is 6.31. The van der Waals surface area contributed by atoms with Crippen LogP contribution in [0.2, 0.25) is 5.02 Å². The molecular formula is C16H15ClO2. The van der Waals surface area contributed by atoms with E-state index in [0.717, 1.165) is 16.9 Å². The number of benzene rings is 2. The molecule has 0 atom stereocenters. The van der Waals surface area contributed by atoms with Crippen LogP contribution in [0.3, 0.4) is 0 Å². The standard InChI is InChI=1S/C16H15ClO2/c1-11-7-8-13(17)10-14(11)15(18)9-12-5-3-4-6-16(12)19-2/h3-8,10H,9H2,1-2H3. The van der Waals surface area contributed by atoms with Crippen LogP contribution in [0.5, 0.6) is 5.75 Å². The Bertz CT molecular complexity index is 605. The molecule has 0 aliphatic heterocycles. The van der Waals surface area contributed by atoms with Gasteiger partial charge in [-0.1, -0.05) is 35.9 Å². The molecule has 2 nitrogen and oxygen atoms in total. The summed E-state index contributed by atoms with van der Waals surface area (Å²) < 4.78 is 5.26. The zero-order valence-electron chi connectivity index (χ0n) is 10.9. The lowest BCUT2D eigenvalue weighted by atomic mass is 9.99. The number of ketones is 1. The first-order chi connectivity index (χ1) is 9.11. The second-order valence-electron chi connectivity index (χ2n) is 4.37. The van der Waals surface area contributed by atoms with Crippen molar-refractivity contribution in [1.29, 1.82) is 0 Å². The van der Waals surface area contributed by atoms with Crippen LogP contribution in [-0.4, -0.2) is 12.9 Å². The molecule has 0 aliphatic carbocycles. The Kier molecular flexibility index (Phi) is 4.23. The third-order valence-corrected chi connectivity index (χ3v) is 3.28. The number of rotatable bonds is 4. The van der Waals surface area contributed by atoms with Gasteiger partial charge in [0.1, 0.15) is 5.75 Å². The maximum absolute atomic E-state index is 12.3. The van der Waals surface area contributed by atoms with Gasteiger partial charge >= 0.3 is 0 Å². The highest BCUT2D eigenvalue weighted by Gasteiger charge is 2.13. The number of carbonyl (C=O) groups is 1. The van der Waals surface area contributed by atoms with Crippen molar-refractivity contribution in [3.05, 3.63) is 64.2 Å². The summed E-state index contributed by atoms with van der Waals surface area (Å²) in [4.78, 5) is 12.3. The highest BCUT2D eigenvalue weighted by atomic mass is 35.5. The van der Waals surface area contributed by atoms with Crippen LogP contribution < -0.4 is 4.74 Å². The van der Waals surface area contributed by atoms with Gasteiger partial charge in [0, 0.05) is 22.6 Å². The second kappa shape index (κ2) is 5.89. The van der Waals surface area contributed by atoms with Gasteiger partial charge in [-0.25, -0.2) is 0 Å². The zero-order chi connectivity index (χ0) is 13.8. The fourth-order valence-corrected chi connectivity index (χ4v) is 2.18. The predicted molar refractivity (Wildman–Crippen MR) is 77.2 cm³/mol. The van der Waals surface area contributed by atoms with Gasteiger partial charge in [-0.3, -0.25) is 4.79 Å². The quantitative estimate of drug-likeness (QED) is 0.785. The molecule has 0 radical (unpaired) electrons. The Labute approximate surface area is 118 Å². The Balaban J connectivity index is 2.28. The molecular weight excluding hydrogens is 260 g/mol. The van der Waals surface area contributed by atoms with Crippen molar-refractivity contribution in [2.75, 3.05) is 7.11 Å². The SMILES string of the molecule is COc1ccccc1CC(=O)c1cc(Cl)ccc1C. The summed E-state index contributed by atoms with van der Waals surface area (Å²) in [6, 6.07) is 12.9. The van der Waals surface area contributed by atoms with Gasteiger partial charge < -0.3 is 4.74 Å². The minimum atomic E-state index is 0.0458. The third kappa shape index (κ3) is 3.15. The van der Waals surface area contributed by atoms with Crippen molar-refractivity contribution in [3.63, 3.8) is 0 Å². The highest BCUT2D eigenvalue weighted by Crippen LogP contribution is 2.22. The third-order valence-electron chi connectivity index (χ3n) is 3.04. The number of para-hydroxylation sites is 1. The number of hydrogen-bond acceptors (Lipinski definition) is 2. The van der Waals surface area contributed by atoms with Gasteiger partial charge in [0.2, 0.25) is 0 Å². The molecule has 0 bridgehead atoms. The average molecular weight is 275 g/mol. The van der Waals surface area contributed by atoms with Gasteiger partial charge in [-0.05, 0) is 30.7 Å². The first kappa shape index (κ1) is 13.6. The van der Waals surface area contributed by atoms with Gasteiger partial charge in [-0.2, -0.15) is 0 Å². The monoisotopic (exact) mass is 274 g/mol. The van der Waals surface area contributed by atoms with E-state index in [1.54, 1.807) is 19.2 Å². The summed E-state index contributed by atoms with van der Waals surface area (Å²) in [5.41, 5.74) is 2.48. The van der Waals surface area contributed by atoms with Crippen LogP contribution in [-0.2, 0) is 6.42 Å². The number of ether oxygens (including phenoxy) is 1. The molecule has 2 aromatic carbocycles. The summed E-state index contributed by atoms with van der Waals surface area (Å²) in [7, 11) is 1.61. The Morgan fingerprint density at radius 1 is 1.21 bits per heavy atom. The number of halogens is 1. The van der Waals surface area contributed by atoms with E-state index in [-0.39, 0.29) is 5.78 Å². The lowest BCUT2D eigenvalue weighted by molar-refractivity contribution is 0.0991. The van der Waals surface area contributed by atoms with Crippen LogP contribution >= 0.6 is 11.6 Å².